The number of aliphatic hydroxyl groups excluding tert-OH is 2. The quantitative estimate of drug-likeness (QED) is 0.217. The van der Waals surface area contributed by atoms with Crippen molar-refractivity contribution < 1.29 is 38.1 Å². The second-order valence-electron chi connectivity index (χ2n) is 8.89. The van der Waals surface area contributed by atoms with Gasteiger partial charge in [-0.15, -0.1) is 0 Å². The molecule has 1 unspecified atom stereocenters. The highest BCUT2D eigenvalue weighted by Gasteiger charge is 2.53. The standard InChI is InChI=1S/C23H30N5O8P/c1-14(22(31)33-3)27-37(32,34-11-15-7-5-4-6-8-15)35-12-23(2)20(30)18(29)19(36-23)16-9-10-17-21(24)25-13-26-28(16)17/h4-10,13-14,18-20,29-30H,11-12H2,1-3H3,(H,27,32)(H2,24,25,26)/t14-,18-,19-,20-,23+,37?/m0/s1. The normalized spacial score (nSPS) is 26.1. The van der Waals surface area contributed by atoms with Crippen LogP contribution in [0.15, 0.2) is 48.8 Å². The van der Waals surface area contributed by atoms with Crippen molar-refractivity contribution >= 4 is 25.1 Å². The summed E-state index contributed by atoms with van der Waals surface area (Å²) in [7, 11) is -2.94. The first-order valence-corrected chi connectivity index (χ1v) is 13.0. The number of hydrogen-bond acceptors (Lipinski definition) is 11. The van der Waals surface area contributed by atoms with E-state index in [2.05, 4.69) is 15.2 Å². The van der Waals surface area contributed by atoms with E-state index in [0.29, 0.717) is 11.2 Å². The summed E-state index contributed by atoms with van der Waals surface area (Å²) in [4.78, 5) is 15.9. The van der Waals surface area contributed by atoms with Crippen molar-refractivity contribution in [3.8, 4) is 0 Å². The number of aromatic nitrogens is 3. The van der Waals surface area contributed by atoms with Crippen molar-refractivity contribution in [1.82, 2.24) is 19.7 Å². The number of benzene rings is 1. The molecule has 0 bridgehead atoms. The van der Waals surface area contributed by atoms with Crippen LogP contribution in [0.2, 0.25) is 0 Å². The molecule has 0 saturated carbocycles. The molecule has 1 saturated heterocycles. The lowest BCUT2D eigenvalue weighted by Crippen LogP contribution is -2.44. The molecule has 0 spiro atoms. The fourth-order valence-corrected chi connectivity index (χ4v) is 5.57. The molecule has 13 nitrogen and oxygen atoms in total. The highest BCUT2D eigenvalue weighted by molar-refractivity contribution is 7.51. The Labute approximate surface area is 213 Å². The average molecular weight is 535 g/mol. The number of carbonyl (C=O) groups is 1. The summed E-state index contributed by atoms with van der Waals surface area (Å²) in [6.07, 6.45) is -2.54. The molecule has 0 radical (unpaired) electrons. The lowest BCUT2D eigenvalue weighted by Gasteiger charge is -2.30. The minimum absolute atomic E-state index is 0.0817. The Balaban J connectivity index is 1.53. The van der Waals surface area contributed by atoms with Gasteiger partial charge in [0.1, 0.15) is 41.8 Å². The minimum Gasteiger partial charge on any atom is -0.468 e. The van der Waals surface area contributed by atoms with Crippen LogP contribution in [0.3, 0.4) is 0 Å². The SMILES string of the molecule is COC(=O)[C@H](C)NP(=O)(OCc1ccccc1)OC[C@@]1(C)O[C@@H](c2ccc3c(N)ncnn23)[C@H](O)[C@@H]1O. The fraction of sp³-hybridized carbons (Fsp3) is 0.435. The number of nitrogens with zero attached hydrogens (tertiary/aromatic N) is 3. The first-order chi connectivity index (χ1) is 17.6. The van der Waals surface area contributed by atoms with Gasteiger partial charge in [-0.25, -0.2) is 19.2 Å². The zero-order valence-electron chi connectivity index (χ0n) is 20.6. The molecule has 200 valence electrons. The summed E-state index contributed by atoms with van der Waals surface area (Å²) >= 11 is 0. The number of aliphatic hydroxyl groups is 2. The van der Waals surface area contributed by atoms with Gasteiger partial charge < -0.3 is 25.4 Å². The topological polar surface area (TPSA) is 180 Å². The van der Waals surface area contributed by atoms with Crippen LogP contribution in [0.4, 0.5) is 5.82 Å². The molecule has 1 aliphatic rings. The van der Waals surface area contributed by atoms with Gasteiger partial charge in [-0.3, -0.25) is 13.8 Å². The molecule has 14 heteroatoms. The number of carbonyl (C=O) groups excluding carboxylic acids is 1. The van der Waals surface area contributed by atoms with Crippen LogP contribution in [-0.2, 0) is 34.5 Å². The van der Waals surface area contributed by atoms with Crippen LogP contribution in [0.5, 0.6) is 0 Å². The Morgan fingerprint density at radius 2 is 2.00 bits per heavy atom. The molecule has 1 aromatic carbocycles. The van der Waals surface area contributed by atoms with Gasteiger partial charge in [0.15, 0.2) is 5.82 Å². The predicted octanol–water partition coefficient (Wildman–Crippen LogP) is 1.36. The summed E-state index contributed by atoms with van der Waals surface area (Å²) in [5, 5.41) is 28.4. The number of methoxy groups -OCH3 is 1. The molecule has 3 aromatic rings. The number of anilines is 1. The number of esters is 1. The van der Waals surface area contributed by atoms with Crippen LogP contribution in [0.25, 0.3) is 5.52 Å². The van der Waals surface area contributed by atoms with Gasteiger partial charge in [0.25, 0.3) is 0 Å². The number of hydrogen-bond donors (Lipinski definition) is 4. The lowest BCUT2D eigenvalue weighted by atomic mass is 9.97. The molecular weight excluding hydrogens is 505 g/mol. The smallest absolute Gasteiger partial charge is 0.406 e. The van der Waals surface area contributed by atoms with E-state index in [1.807, 2.05) is 6.07 Å². The van der Waals surface area contributed by atoms with E-state index >= 15 is 0 Å². The maximum Gasteiger partial charge on any atom is 0.406 e. The van der Waals surface area contributed by atoms with Gasteiger partial charge in [-0.05, 0) is 31.5 Å². The van der Waals surface area contributed by atoms with Crippen LogP contribution < -0.4 is 10.8 Å². The van der Waals surface area contributed by atoms with Crippen LogP contribution in [0, 0.1) is 0 Å². The van der Waals surface area contributed by atoms with Gasteiger partial charge in [-0.1, -0.05) is 30.3 Å². The van der Waals surface area contributed by atoms with E-state index in [4.69, 9.17) is 24.3 Å². The molecule has 3 heterocycles. The van der Waals surface area contributed by atoms with Gasteiger partial charge in [-0.2, -0.15) is 5.10 Å². The molecule has 1 aliphatic heterocycles. The van der Waals surface area contributed by atoms with E-state index in [1.54, 1.807) is 36.4 Å². The molecule has 6 atom stereocenters. The summed E-state index contributed by atoms with van der Waals surface area (Å²) in [5.41, 5.74) is 6.04. The van der Waals surface area contributed by atoms with Gasteiger partial charge >= 0.3 is 13.7 Å². The molecule has 37 heavy (non-hydrogen) atoms. The van der Waals surface area contributed by atoms with E-state index in [9.17, 15) is 19.6 Å². The average Bonchev–Trinajstić information content (AvgIpc) is 3.42. The Bertz CT molecular complexity index is 1290. The number of ether oxygens (including phenoxy) is 2. The minimum atomic E-state index is -4.14. The number of nitrogens with two attached hydrogens (primary N) is 1. The molecule has 0 aliphatic carbocycles. The Morgan fingerprint density at radius 3 is 2.70 bits per heavy atom. The Hall–Kier alpha value is -2.90. The molecule has 4 rings (SSSR count). The van der Waals surface area contributed by atoms with Crippen molar-refractivity contribution in [1.29, 1.82) is 0 Å². The number of nitrogens with one attached hydrogen (secondary N) is 1. The summed E-state index contributed by atoms with van der Waals surface area (Å²) in [6, 6.07) is 11.3. The van der Waals surface area contributed by atoms with Crippen molar-refractivity contribution in [2.24, 2.45) is 0 Å². The molecule has 5 N–H and O–H groups in total. The Kier molecular flexibility index (Phi) is 7.95. The number of nitrogen functional groups attached to an aromatic ring is 1. The van der Waals surface area contributed by atoms with Crippen LogP contribution in [-0.4, -0.2) is 68.3 Å². The third-order valence-corrected chi connectivity index (χ3v) is 7.77. The van der Waals surface area contributed by atoms with E-state index in [1.165, 1.54) is 31.8 Å². The second kappa shape index (κ2) is 10.8. The van der Waals surface area contributed by atoms with E-state index in [-0.39, 0.29) is 12.4 Å². The molecule has 1 fully saturated rings. The first-order valence-electron chi connectivity index (χ1n) is 11.5. The molecule has 2 aromatic heterocycles. The van der Waals surface area contributed by atoms with Gasteiger partial charge in [0.2, 0.25) is 0 Å². The maximum absolute atomic E-state index is 13.6. The highest BCUT2D eigenvalue weighted by Crippen LogP contribution is 2.48. The third-order valence-electron chi connectivity index (χ3n) is 6.13. The third kappa shape index (κ3) is 5.68. The zero-order valence-corrected chi connectivity index (χ0v) is 21.4. The van der Waals surface area contributed by atoms with Crippen LogP contribution >= 0.6 is 7.75 Å². The lowest BCUT2D eigenvalue weighted by molar-refractivity contribution is -0.142. The second-order valence-corrected chi connectivity index (χ2v) is 10.7. The highest BCUT2D eigenvalue weighted by atomic mass is 31.2. The summed E-state index contributed by atoms with van der Waals surface area (Å²) < 4.78 is 37.1. The maximum atomic E-state index is 13.6. The molecule has 0 amide bonds. The first kappa shape index (κ1) is 27.1. The summed E-state index contributed by atoms with van der Waals surface area (Å²) in [5.74, 6) is -0.435. The van der Waals surface area contributed by atoms with Gasteiger partial charge in [0.05, 0.1) is 26.0 Å². The number of rotatable bonds is 10. The van der Waals surface area contributed by atoms with Crippen molar-refractivity contribution in [2.45, 2.75) is 50.4 Å². The monoisotopic (exact) mass is 535 g/mol. The fourth-order valence-electron chi connectivity index (χ4n) is 4.02. The summed E-state index contributed by atoms with van der Waals surface area (Å²) in [6.45, 7) is 2.42. The van der Waals surface area contributed by atoms with Crippen molar-refractivity contribution in [3.63, 3.8) is 0 Å². The van der Waals surface area contributed by atoms with Gasteiger partial charge in [0, 0.05) is 0 Å². The largest absolute Gasteiger partial charge is 0.468 e. The van der Waals surface area contributed by atoms with E-state index in [0.717, 1.165) is 5.56 Å². The molecular formula is C23H30N5O8P. The predicted molar refractivity (Wildman–Crippen MR) is 131 cm³/mol. The zero-order chi connectivity index (χ0) is 26.8. The van der Waals surface area contributed by atoms with E-state index < -0.39 is 50.3 Å². The number of fused-ring (bicyclic) bond motifs is 1. The van der Waals surface area contributed by atoms with Crippen molar-refractivity contribution in [3.05, 3.63) is 60.0 Å². The Morgan fingerprint density at radius 1 is 1.27 bits per heavy atom. The van der Waals surface area contributed by atoms with Crippen LogP contribution in [0.1, 0.15) is 31.2 Å². The van der Waals surface area contributed by atoms with Crippen molar-refractivity contribution in [2.75, 3.05) is 19.5 Å².